The van der Waals surface area contributed by atoms with E-state index in [1.54, 1.807) is 0 Å². The van der Waals surface area contributed by atoms with Crippen LogP contribution in [0.3, 0.4) is 0 Å². The van der Waals surface area contributed by atoms with Crippen molar-refractivity contribution in [1.29, 1.82) is 0 Å². The zero-order valence-electron chi connectivity index (χ0n) is 19.7. The summed E-state index contributed by atoms with van der Waals surface area (Å²) >= 11 is 0. The second kappa shape index (κ2) is 29.4. The Morgan fingerprint density at radius 3 is 1.43 bits per heavy atom. The van der Waals surface area contributed by atoms with E-state index in [9.17, 15) is 0 Å². The lowest BCUT2D eigenvalue weighted by Crippen LogP contribution is -1.83. The van der Waals surface area contributed by atoms with Gasteiger partial charge in [-0.3, -0.25) is 0 Å². The van der Waals surface area contributed by atoms with Crippen molar-refractivity contribution >= 4 is 0 Å². The molecule has 156 valence electrons. The van der Waals surface area contributed by atoms with Crippen LogP contribution in [0.2, 0.25) is 0 Å². The quantitative estimate of drug-likeness (QED) is 0.349. The van der Waals surface area contributed by atoms with Crippen molar-refractivity contribution < 1.29 is 0 Å². The molecule has 0 aromatic carbocycles. The normalized spacial score (nSPS) is 13.4. The van der Waals surface area contributed by atoms with Gasteiger partial charge in [-0.15, -0.1) is 0 Å². The standard InChI is InChI=1S/C18H26.C8H12.C2H6/c1-5-9-11-13-15-17(8-4)18(14-7-3)16-12-10-6-2;1-3-5-7-8-6-4-2;1-2/h6,8-16H,5,7H2,1-4H3;3-8H,1-2H3;1-2H3/b10-6-,11-9-,15-13-,16-12-,17-8+,18-14+;5-3-,6-4-,8-7-;. The minimum absolute atomic E-state index is 1.05. The van der Waals surface area contributed by atoms with Crippen LogP contribution in [0, 0.1) is 0 Å². The Balaban J connectivity index is -0.000000522. The summed E-state index contributed by atoms with van der Waals surface area (Å²) in [5.74, 6) is 0. The highest BCUT2D eigenvalue weighted by Crippen LogP contribution is 2.14. The molecule has 0 bridgehead atoms. The van der Waals surface area contributed by atoms with Gasteiger partial charge in [-0.2, -0.15) is 0 Å². The second-order valence-corrected chi connectivity index (χ2v) is 5.33. The molecular formula is C28H44. The molecule has 0 aliphatic rings. The highest BCUT2D eigenvalue weighted by Gasteiger charge is 1.95. The molecule has 0 saturated heterocycles. The maximum atomic E-state index is 2.25. The molecule has 0 aromatic heterocycles. The first kappa shape index (κ1) is 30.4. The van der Waals surface area contributed by atoms with E-state index in [1.807, 2.05) is 77.2 Å². The van der Waals surface area contributed by atoms with Gasteiger partial charge in [0.1, 0.15) is 0 Å². The molecule has 0 nitrogen and oxygen atoms in total. The van der Waals surface area contributed by atoms with Gasteiger partial charge in [0.15, 0.2) is 0 Å². The molecule has 0 aromatic rings. The predicted octanol–water partition coefficient (Wildman–Crippen LogP) is 9.64. The average Bonchev–Trinajstić information content (AvgIpc) is 2.73. The highest BCUT2D eigenvalue weighted by molar-refractivity contribution is 5.47. The fourth-order valence-corrected chi connectivity index (χ4v) is 1.86. The molecule has 0 fully saturated rings. The molecule has 0 heteroatoms. The minimum atomic E-state index is 1.05. The summed E-state index contributed by atoms with van der Waals surface area (Å²) in [7, 11) is 0. The smallest absolute Gasteiger partial charge is 0.0227 e. The molecule has 0 unspecified atom stereocenters. The predicted molar refractivity (Wildman–Crippen MR) is 135 cm³/mol. The Morgan fingerprint density at radius 2 is 1.00 bits per heavy atom. The molecule has 0 amide bonds. The van der Waals surface area contributed by atoms with E-state index in [0.29, 0.717) is 0 Å². The largest absolute Gasteiger partial charge is 0.0877 e. The van der Waals surface area contributed by atoms with Crippen molar-refractivity contribution in [2.24, 2.45) is 0 Å². The Kier molecular flexibility index (Phi) is 31.9. The maximum absolute atomic E-state index is 2.25. The lowest BCUT2D eigenvalue weighted by Gasteiger charge is -2.02. The zero-order valence-corrected chi connectivity index (χ0v) is 19.7. The Labute approximate surface area is 176 Å². The second-order valence-electron chi connectivity index (χ2n) is 5.33. The van der Waals surface area contributed by atoms with E-state index in [2.05, 4.69) is 75.5 Å². The first-order chi connectivity index (χ1) is 13.7. The van der Waals surface area contributed by atoms with Crippen LogP contribution in [0.5, 0.6) is 0 Å². The lowest BCUT2D eigenvalue weighted by molar-refractivity contribution is 1.20. The fourth-order valence-electron chi connectivity index (χ4n) is 1.86. The minimum Gasteiger partial charge on any atom is -0.0877 e. The molecule has 28 heavy (non-hydrogen) atoms. The van der Waals surface area contributed by atoms with Crippen molar-refractivity contribution in [3.63, 3.8) is 0 Å². The van der Waals surface area contributed by atoms with E-state index in [0.717, 1.165) is 12.8 Å². The lowest BCUT2D eigenvalue weighted by atomic mass is 10.0. The highest BCUT2D eigenvalue weighted by atomic mass is 14.0. The Hall–Kier alpha value is -2.34. The summed E-state index contributed by atoms with van der Waals surface area (Å²) in [6.45, 7) is 16.4. The van der Waals surface area contributed by atoms with Gasteiger partial charge in [0.2, 0.25) is 0 Å². The summed E-state index contributed by atoms with van der Waals surface area (Å²) in [5, 5.41) is 0. The molecule has 0 rings (SSSR count). The van der Waals surface area contributed by atoms with Gasteiger partial charge in [0.25, 0.3) is 0 Å². The summed E-state index contributed by atoms with van der Waals surface area (Å²) in [5.41, 5.74) is 2.54. The monoisotopic (exact) mass is 380 g/mol. The van der Waals surface area contributed by atoms with Gasteiger partial charge in [-0.05, 0) is 51.7 Å². The Morgan fingerprint density at radius 1 is 0.536 bits per heavy atom. The van der Waals surface area contributed by atoms with Gasteiger partial charge in [0, 0.05) is 0 Å². The van der Waals surface area contributed by atoms with E-state index in [-0.39, 0.29) is 0 Å². The van der Waals surface area contributed by atoms with Crippen LogP contribution in [0.15, 0.2) is 108 Å². The summed E-state index contributed by atoms with van der Waals surface area (Å²) in [6.07, 6.45) is 35.4. The van der Waals surface area contributed by atoms with Crippen LogP contribution in [-0.2, 0) is 0 Å². The molecule has 0 atom stereocenters. The van der Waals surface area contributed by atoms with E-state index in [1.165, 1.54) is 11.1 Å². The van der Waals surface area contributed by atoms with Crippen molar-refractivity contribution in [2.45, 2.75) is 68.2 Å². The molecule has 0 heterocycles. The molecule has 0 aliphatic heterocycles. The van der Waals surface area contributed by atoms with Crippen molar-refractivity contribution in [1.82, 2.24) is 0 Å². The number of allylic oxidation sites excluding steroid dienone is 18. The number of hydrogen-bond donors (Lipinski definition) is 0. The van der Waals surface area contributed by atoms with Crippen LogP contribution in [-0.4, -0.2) is 0 Å². The first-order valence-electron chi connectivity index (χ1n) is 10.6. The average molecular weight is 381 g/mol. The molecule has 0 saturated carbocycles. The first-order valence-corrected chi connectivity index (χ1v) is 10.6. The van der Waals surface area contributed by atoms with Gasteiger partial charge < -0.3 is 0 Å². The van der Waals surface area contributed by atoms with Crippen molar-refractivity contribution in [3.05, 3.63) is 108 Å². The van der Waals surface area contributed by atoms with E-state index in [4.69, 9.17) is 0 Å². The van der Waals surface area contributed by atoms with Gasteiger partial charge >= 0.3 is 0 Å². The number of hydrogen-bond acceptors (Lipinski definition) is 0. The van der Waals surface area contributed by atoms with Crippen LogP contribution in [0.1, 0.15) is 68.2 Å². The Bertz CT molecular complexity index is 553. The van der Waals surface area contributed by atoms with Crippen LogP contribution in [0.4, 0.5) is 0 Å². The topological polar surface area (TPSA) is 0 Å². The van der Waals surface area contributed by atoms with E-state index >= 15 is 0 Å². The van der Waals surface area contributed by atoms with Crippen LogP contribution < -0.4 is 0 Å². The van der Waals surface area contributed by atoms with Gasteiger partial charge in [-0.1, -0.05) is 125 Å². The fraction of sp³-hybridized carbons (Fsp3) is 0.357. The zero-order chi connectivity index (χ0) is 21.9. The van der Waals surface area contributed by atoms with Gasteiger partial charge in [-0.25, -0.2) is 0 Å². The van der Waals surface area contributed by atoms with Gasteiger partial charge in [0.05, 0.1) is 0 Å². The molecule has 0 aliphatic carbocycles. The molecule has 0 radical (unpaired) electrons. The summed E-state index contributed by atoms with van der Waals surface area (Å²) < 4.78 is 0. The van der Waals surface area contributed by atoms with E-state index < -0.39 is 0 Å². The van der Waals surface area contributed by atoms with Crippen molar-refractivity contribution in [2.75, 3.05) is 0 Å². The number of rotatable bonds is 9. The molecule has 0 spiro atoms. The summed E-state index contributed by atoms with van der Waals surface area (Å²) in [4.78, 5) is 0. The third-order valence-corrected chi connectivity index (χ3v) is 3.12. The molecular weight excluding hydrogens is 336 g/mol. The SMILES string of the molecule is CC.C\C=C/C=C\C(=C/CC)C(\C=C/C=C\CC)=C\C.C\C=C/C=C\C=C/C. The van der Waals surface area contributed by atoms with Crippen LogP contribution in [0.25, 0.3) is 0 Å². The van der Waals surface area contributed by atoms with Crippen LogP contribution >= 0.6 is 0 Å². The third-order valence-electron chi connectivity index (χ3n) is 3.12. The summed E-state index contributed by atoms with van der Waals surface area (Å²) in [6, 6.07) is 0. The third kappa shape index (κ3) is 23.7. The van der Waals surface area contributed by atoms with Crippen molar-refractivity contribution in [3.8, 4) is 0 Å². The molecule has 0 N–H and O–H groups in total. The maximum Gasteiger partial charge on any atom is -0.0227 e.